The number of hydrogen-bond acceptors (Lipinski definition) is 4. The third kappa shape index (κ3) is 3.45. The van der Waals surface area contributed by atoms with Crippen LogP contribution in [0.1, 0.15) is 25.0 Å². The number of sulfone groups is 1. The monoisotopic (exact) mass is 374 g/mol. The number of aliphatic hydroxyl groups is 1. The highest BCUT2D eigenvalue weighted by molar-refractivity contribution is 7.90. The summed E-state index contributed by atoms with van der Waals surface area (Å²) in [5.41, 5.74) is 2.04. The SMILES string of the molecule is CCCn1c(=O)n(CC(O)c2ccc(S(C)(=O)=O)cc2)c2ccccc21. The maximum absolute atomic E-state index is 12.8. The third-order valence-electron chi connectivity index (χ3n) is 4.42. The number of hydrogen-bond donors (Lipinski definition) is 1. The summed E-state index contributed by atoms with van der Waals surface area (Å²) in [4.78, 5) is 13.0. The number of aliphatic hydroxyl groups excluding tert-OH is 1. The number of para-hydroxylation sites is 2. The zero-order valence-corrected chi connectivity index (χ0v) is 15.6. The second-order valence-corrected chi connectivity index (χ2v) is 8.41. The van der Waals surface area contributed by atoms with Gasteiger partial charge in [-0.15, -0.1) is 0 Å². The third-order valence-corrected chi connectivity index (χ3v) is 5.55. The number of benzene rings is 2. The summed E-state index contributed by atoms with van der Waals surface area (Å²) in [5, 5.41) is 10.6. The average Bonchev–Trinajstić information content (AvgIpc) is 2.87. The molecule has 3 rings (SSSR count). The van der Waals surface area contributed by atoms with Gasteiger partial charge in [0.2, 0.25) is 0 Å². The predicted molar refractivity (Wildman–Crippen MR) is 101 cm³/mol. The van der Waals surface area contributed by atoms with E-state index in [9.17, 15) is 18.3 Å². The van der Waals surface area contributed by atoms with E-state index in [4.69, 9.17) is 0 Å². The van der Waals surface area contributed by atoms with Crippen molar-refractivity contribution in [3.8, 4) is 0 Å². The first-order valence-corrected chi connectivity index (χ1v) is 10.4. The van der Waals surface area contributed by atoms with Gasteiger partial charge in [-0.1, -0.05) is 31.2 Å². The lowest BCUT2D eigenvalue weighted by Gasteiger charge is -2.12. The number of aryl methyl sites for hydroxylation is 1. The van der Waals surface area contributed by atoms with Crippen LogP contribution in [0, 0.1) is 0 Å². The molecule has 0 radical (unpaired) electrons. The molecule has 1 heterocycles. The van der Waals surface area contributed by atoms with Crippen molar-refractivity contribution in [3.63, 3.8) is 0 Å². The average molecular weight is 374 g/mol. The Morgan fingerprint density at radius 3 is 2.12 bits per heavy atom. The summed E-state index contributed by atoms with van der Waals surface area (Å²) in [6.45, 7) is 2.73. The van der Waals surface area contributed by atoms with Crippen molar-refractivity contribution in [1.82, 2.24) is 9.13 Å². The molecular weight excluding hydrogens is 352 g/mol. The first-order chi connectivity index (χ1) is 12.3. The minimum absolute atomic E-state index is 0.105. The van der Waals surface area contributed by atoms with Crippen LogP contribution >= 0.6 is 0 Å². The smallest absolute Gasteiger partial charge is 0.329 e. The summed E-state index contributed by atoms with van der Waals surface area (Å²) in [5.74, 6) is 0. The highest BCUT2D eigenvalue weighted by atomic mass is 32.2. The van der Waals surface area contributed by atoms with E-state index in [1.54, 1.807) is 21.3 Å². The zero-order valence-electron chi connectivity index (χ0n) is 14.8. The van der Waals surface area contributed by atoms with Gasteiger partial charge >= 0.3 is 5.69 Å². The van der Waals surface area contributed by atoms with Crippen molar-refractivity contribution in [3.05, 3.63) is 64.6 Å². The highest BCUT2D eigenvalue weighted by Gasteiger charge is 2.17. The minimum atomic E-state index is -3.28. The van der Waals surface area contributed by atoms with Gasteiger partial charge in [0, 0.05) is 12.8 Å². The normalized spacial score (nSPS) is 13.2. The number of fused-ring (bicyclic) bond motifs is 1. The van der Waals surface area contributed by atoms with Crippen LogP contribution < -0.4 is 5.69 Å². The van der Waals surface area contributed by atoms with Crippen LogP contribution in [0.5, 0.6) is 0 Å². The Hall–Kier alpha value is -2.38. The number of imidazole rings is 1. The van der Waals surface area contributed by atoms with Gasteiger partial charge in [0.15, 0.2) is 9.84 Å². The van der Waals surface area contributed by atoms with E-state index < -0.39 is 15.9 Å². The fourth-order valence-corrected chi connectivity index (χ4v) is 3.73. The molecule has 138 valence electrons. The summed E-state index contributed by atoms with van der Waals surface area (Å²) in [7, 11) is -3.28. The van der Waals surface area contributed by atoms with E-state index in [1.165, 1.54) is 12.1 Å². The number of aromatic nitrogens is 2. The van der Waals surface area contributed by atoms with Crippen LogP contribution in [0.25, 0.3) is 11.0 Å². The molecule has 1 unspecified atom stereocenters. The van der Waals surface area contributed by atoms with Crippen LogP contribution in [-0.4, -0.2) is 28.9 Å². The van der Waals surface area contributed by atoms with E-state index in [2.05, 4.69) is 0 Å². The Morgan fingerprint density at radius 2 is 1.58 bits per heavy atom. The second-order valence-electron chi connectivity index (χ2n) is 6.39. The van der Waals surface area contributed by atoms with Crippen molar-refractivity contribution < 1.29 is 13.5 Å². The largest absolute Gasteiger partial charge is 0.387 e. The molecule has 0 amide bonds. The Labute approximate surface area is 152 Å². The fraction of sp³-hybridized carbons (Fsp3) is 0.316. The van der Waals surface area contributed by atoms with Crippen LogP contribution in [0.15, 0.2) is 58.2 Å². The van der Waals surface area contributed by atoms with Gasteiger partial charge in [-0.25, -0.2) is 13.2 Å². The van der Waals surface area contributed by atoms with Crippen molar-refractivity contribution >= 4 is 20.9 Å². The topological polar surface area (TPSA) is 81.3 Å². The Balaban J connectivity index is 1.96. The van der Waals surface area contributed by atoms with Crippen LogP contribution in [0.3, 0.4) is 0 Å². The highest BCUT2D eigenvalue weighted by Crippen LogP contribution is 2.20. The molecule has 3 aromatic rings. The zero-order chi connectivity index (χ0) is 18.9. The lowest BCUT2D eigenvalue weighted by molar-refractivity contribution is 0.156. The van der Waals surface area contributed by atoms with Crippen molar-refractivity contribution in [1.29, 1.82) is 0 Å². The molecule has 1 N–H and O–H groups in total. The first kappa shape index (κ1) is 18.4. The Bertz CT molecular complexity index is 1080. The number of rotatable bonds is 6. The minimum Gasteiger partial charge on any atom is -0.387 e. The molecule has 0 spiro atoms. The maximum atomic E-state index is 12.8. The maximum Gasteiger partial charge on any atom is 0.329 e. The van der Waals surface area contributed by atoms with Crippen LogP contribution in [0.2, 0.25) is 0 Å². The van der Waals surface area contributed by atoms with Crippen molar-refractivity contribution in [2.24, 2.45) is 0 Å². The lowest BCUT2D eigenvalue weighted by Crippen LogP contribution is -2.26. The molecule has 1 aromatic heterocycles. The molecule has 1 atom stereocenters. The second kappa shape index (κ2) is 7.09. The molecule has 0 fully saturated rings. The van der Waals surface area contributed by atoms with Gasteiger partial charge in [-0.2, -0.15) is 0 Å². The molecule has 7 heteroatoms. The predicted octanol–water partition coefficient (Wildman–Crippen LogP) is 2.35. The first-order valence-electron chi connectivity index (χ1n) is 8.49. The quantitative estimate of drug-likeness (QED) is 0.718. The van der Waals surface area contributed by atoms with E-state index in [0.29, 0.717) is 12.1 Å². The van der Waals surface area contributed by atoms with Crippen molar-refractivity contribution in [2.75, 3.05) is 6.26 Å². The molecular formula is C19H22N2O4S. The van der Waals surface area contributed by atoms with Gasteiger partial charge in [0.25, 0.3) is 0 Å². The van der Waals surface area contributed by atoms with E-state index >= 15 is 0 Å². The standard InChI is InChI=1S/C19H22N2O4S/c1-3-12-20-16-6-4-5-7-17(16)21(19(20)23)13-18(22)14-8-10-15(11-9-14)26(2,24)25/h4-11,18,22H,3,12-13H2,1-2H3. The lowest BCUT2D eigenvalue weighted by atomic mass is 10.1. The fourth-order valence-electron chi connectivity index (χ4n) is 3.10. The molecule has 0 saturated heterocycles. The van der Waals surface area contributed by atoms with Gasteiger partial charge in [-0.3, -0.25) is 9.13 Å². The summed E-state index contributed by atoms with van der Waals surface area (Å²) in [6.07, 6.45) is 1.06. The molecule has 0 aliphatic heterocycles. The van der Waals surface area contributed by atoms with E-state index in [0.717, 1.165) is 23.7 Å². The van der Waals surface area contributed by atoms with Gasteiger partial charge in [0.1, 0.15) is 0 Å². The van der Waals surface area contributed by atoms with Gasteiger partial charge < -0.3 is 5.11 Å². The molecule has 0 aliphatic carbocycles. The summed E-state index contributed by atoms with van der Waals surface area (Å²) < 4.78 is 26.4. The molecule has 0 bridgehead atoms. The van der Waals surface area contributed by atoms with Gasteiger partial charge in [-0.05, 0) is 36.2 Å². The number of nitrogens with zero attached hydrogens (tertiary/aromatic N) is 2. The molecule has 2 aromatic carbocycles. The Kier molecular flexibility index (Phi) is 5.02. The molecule has 26 heavy (non-hydrogen) atoms. The molecule has 0 saturated carbocycles. The molecule has 0 aliphatic rings. The van der Waals surface area contributed by atoms with E-state index in [-0.39, 0.29) is 17.1 Å². The van der Waals surface area contributed by atoms with Crippen molar-refractivity contribution in [2.45, 2.75) is 37.4 Å². The summed E-state index contributed by atoms with van der Waals surface area (Å²) >= 11 is 0. The van der Waals surface area contributed by atoms with Gasteiger partial charge in [0.05, 0.1) is 28.6 Å². The Morgan fingerprint density at radius 1 is 1.00 bits per heavy atom. The van der Waals surface area contributed by atoms with Crippen LogP contribution in [0.4, 0.5) is 0 Å². The molecule has 6 nitrogen and oxygen atoms in total. The van der Waals surface area contributed by atoms with E-state index in [1.807, 2.05) is 31.2 Å². The summed E-state index contributed by atoms with van der Waals surface area (Å²) in [6, 6.07) is 13.6. The van der Waals surface area contributed by atoms with Crippen LogP contribution in [-0.2, 0) is 22.9 Å².